The quantitative estimate of drug-likeness (QED) is 0.149. The summed E-state index contributed by atoms with van der Waals surface area (Å²) in [6, 6.07) is 40.9. The van der Waals surface area contributed by atoms with Gasteiger partial charge in [0.1, 0.15) is 0 Å². The highest BCUT2D eigenvalue weighted by Gasteiger charge is 2.56. The molecule has 6 aromatic rings. The third-order valence-corrected chi connectivity index (χ3v) is 14.1. The fourth-order valence-corrected chi connectivity index (χ4v) is 11.9. The second-order valence-corrected chi connectivity index (χ2v) is 17.1. The van der Waals surface area contributed by atoms with Crippen molar-refractivity contribution in [3.05, 3.63) is 165 Å². The van der Waals surface area contributed by atoms with Crippen LogP contribution >= 0.6 is 0 Å². The Labute approximate surface area is 316 Å². The van der Waals surface area contributed by atoms with E-state index in [1.807, 2.05) is 0 Å². The van der Waals surface area contributed by atoms with E-state index in [4.69, 9.17) is 0 Å². The van der Waals surface area contributed by atoms with Crippen LogP contribution in [0, 0.1) is 17.8 Å². The van der Waals surface area contributed by atoms with Crippen LogP contribution in [0.1, 0.15) is 113 Å². The van der Waals surface area contributed by atoms with Crippen molar-refractivity contribution in [1.82, 2.24) is 0 Å². The van der Waals surface area contributed by atoms with Gasteiger partial charge in [0, 0.05) is 5.41 Å². The first-order valence-corrected chi connectivity index (χ1v) is 20.7. The van der Waals surface area contributed by atoms with Crippen molar-refractivity contribution in [2.75, 3.05) is 0 Å². The van der Waals surface area contributed by atoms with Crippen LogP contribution in [0.3, 0.4) is 0 Å². The first kappa shape index (κ1) is 32.9. The molecule has 0 aromatic heterocycles. The second-order valence-electron chi connectivity index (χ2n) is 17.1. The molecule has 0 nitrogen and oxygen atoms in total. The highest BCUT2D eigenvalue weighted by molar-refractivity contribution is 6.15. The molecule has 6 aromatic carbocycles. The predicted molar refractivity (Wildman–Crippen MR) is 226 cm³/mol. The average Bonchev–Trinajstić information content (AvgIpc) is 3.63. The Morgan fingerprint density at radius 1 is 0.585 bits per heavy atom. The zero-order valence-electron chi connectivity index (χ0n) is 32.4. The van der Waals surface area contributed by atoms with Crippen LogP contribution in [0.5, 0.6) is 0 Å². The minimum Gasteiger partial charge on any atom is -0.0657 e. The third-order valence-electron chi connectivity index (χ3n) is 14.1. The van der Waals surface area contributed by atoms with Gasteiger partial charge < -0.3 is 0 Å². The Kier molecular flexibility index (Phi) is 7.40. The normalized spacial score (nSPS) is 18.5. The van der Waals surface area contributed by atoms with E-state index in [-0.39, 0.29) is 5.41 Å². The molecule has 1 unspecified atom stereocenters. The van der Waals surface area contributed by atoms with Crippen LogP contribution in [-0.4, -0.2) is 0 Å². The van der Waals surface area contributed by atoms with Gasteiger partial charge in [-0.15, -0.1) is 0 Å². The van der Waals surface area contributed by atoms with Gasteiger partial charge in [0.15, 0.2) is 0 Å². The molecule has 10 rings (SSSR count). The van der Waals surface area contributed by atoms with Crippen LogP contribution in [-0.2, 0) is 17.3 Å². The summed E-state index contributed by atoms with van der Waals surface area (Å²) in [4.78, 5) is 0. The van der Waals surface area contributed by atoms with Gasteiger partial charge in [-0.2, -0.15) is 0 Å². The molecule has 0 saturated carbocycles. The molecule has 0 radical (unpaired) electrons. The number of benzene rings is 6. The molecule has 2 spiro atoms. The number of fused-ring (bicyclic) bond motifs is 11. The van der Waals surface area contributed by atoms with Crippen LogP contribution in [0.2, 0.25) is 0 Å². The fraction of sp³-hybridized carbons (Fsp3) is 0.321. The Balaban J connectivity index is 1.45. The molecule has 53 heavy (non-hydrogen) atoms. The lowest BCUT2D eigenvalue weighted by Crippen LogP contribution is -2.32. The van der Waals surface area contributed by atoms with Crippen molar-refractivity contribution in [2.24, 2.45) is 17.8 Å². The maximum Gasteiger partial charge on any atom is 0.0726 e. The topological polar surface area (TPSA) is 0 Å². The Morgan fingerprint density at radius 2 is 1.25 bits per heavy atom. The van der Waals surface area contributed by atoms with Gasteiger partial charge in [-0.25, -0.2) is 0 Å². The monoisotopic (exact) mass is 688 g/mol. The van der Waals surface area contributed by atoms with Crippen molar-refractivity contribution >= 4 is 21.5 Å². The van der Waals surface area contributed by atoms with E-state index in [2.05, 4.69) is 157 Å². The molecule has 0 bridgehead atoms. The number of hydrogen-bond donors (Lipinski definition) is 0. The largest absolute Gasteiger partial charge is 0.0726 e. The van der Waals surface area contributed by atoms with E-state index in [9.17, 15) is 0 Å². The third kappa shape index (κ3) is 4.19. The van der Waals surface area contributed by atoms with E-state index in [1.165, 1.54) is 103 Å². The van der Waals surface area contributed by atoms with Crippen molar-refractivity contribution in [2.45, 2.75) is 90.9 Å². The summed E-state index contributed by atoms with van der Waals surface area (Å²) in [5.74, 6) is 1.71. The van der Waals surface area contributed by atoms with E-state index in [0.29, 0.717) is 17.8 Å². The lowest BCUT2D eigenvalue weighted by Gasteiger charge is -2.41. The van der Waals surface area contributed by atoms with E-state index in [0.717, 1.165) is 12.8 Å². The number of rotatable bonds is 8. The summed E-state index contributed by atoms with van der Waals surface area (Å²) >= 11 is 0. The SMILES string of the molecule is CCC(CC)C1=CC2(CC(C(CC)CC)=C1)c1ccc3cccc4c3c1-c1c(cc3c(CC(C)C)cccc3c12)C41c2ccccc2-c2ccccc21. The summed E-state index contributed by atoms with van der Waals surface area (Å²) in [6.45, 7) is 14.4. The maximum atomic E-state index is 2.81. The van der Waals surface area contributed by atoms with Crippen LogP contribution in [0.25, 0.3) is 43.8 Å². The number of hydrogen-bond acceptors (Lipinski definition) is 0. The molecule has 0 heteroatoms. The Morgan fingerprint density at radius 3 is 1.92 bits per heavy atom. The van der Waals surface area contributed by atoms with Crippen LogP contribution in [0.15, 0.2) is 126 Å². The van der Waals surface area contributed by atoms with Gasteiger partial charge in [0.05, 0.1) is 5.41 Å². The number of allylic oxidation sites excluding steroid dienone is 4. The van der Waals surface area contributed by atoms with Crippen molar-refractivity contribution in [3.63, 3.8) is 0 Å². The van der Waals surface area contributed by atoms with Crippen LogP contribution in [0.4, 0.5) is 0 Å². The summed E-state index contributed by atoms with van der Waals surface area (Å²) in [5.41, 5.74) is 18.8. The lowest BCUT2D eigenvalue weighted by molar-refractivity contribution is 0.491. The maximum absolute atomic E-state index is 2.81. The molecule has 4 aliphatic carbocycles. The van der Waals surface area contributed by atoms with E-state index >= 15 is 0 Å². The first-order valence-electron chi connectivity index (χ1n) is 20.7. The van der Waals surface area contributed by atoms with Gasteiger partial charge in [-0.1, -0.05) is 156 Å². The molecular formula is C53H52. The second kappa shape index (κ2) is 11.9. The minimum absolute atomic E-state index is 0.232. The smallest absolute Gasteiger partial charge is 0.0657 e. The standard InChI is InChI=1S/C53H52/c1-7-33(8-2)37-28-38(34(9-3)10-4)31-52(30-37)45-26-25-35-17-16-24-46-48(35)49(45)50-47(29-42-36(27-32(5)6)18-15-21-41(42)51(50)52)53(46)43-22-13-11-19-39(43)40-20-12-14-23-44(40)53/h11-26,28-30,32-34H,7-10,27,31H2,1-6H3. The summed E-state index contributed by atoms with van der Waals surface area (Å²) in [5, 5.41) is 5.75. The van der Waals surface area contributed by atoms with Crippen molar-refractivity contribution in [3.8, 4) is 22.3 Å². The lowest BCUT2D eigenvalue weighted by atomic mass is 9.60. The predicted octanol–water partition coefficient (Wildman–Crippen LogP) is 14.3. The highest BCUT2D eigenvalue weighted by atomic mass is 14.6. The molecule has 1 atom stereocenters. The van der Waals surface area contributed by atoms with E-state index < -0.39 is 5.41 Å². The fourth-order valence-electron chi connectivity index (χ4n) is 11.9. The van der Waals surface area contributed by atoms with Crippen LogP contribution < -0.4 is 0 Å². The Hall–Kier alpha value is -4.68. The molecule has 0 amide bonds. The highest BCUT2D eigenvalue weighted by Crippen LogP contribution is 2.69. The summed E-state index contributed by atoms with van der Waals surface area (Å²) < 4.78 is 0. The zero-order valence-corrected chi connectivity index (χ0v) is 32.4. The first-order chi connectivity index (χ1) is 25.9. The summed E-state index contributed by atoms with van der Waals surface area (Å²) in [6.07, 6.45) is 12.3. The van der Waals surface area contributed by atoms with E-state index in [1.54, 1.807) is 16.7 Å². The van der Waals surface area contributed by atoms with Gasteiger partial charge in [-0.05, 0) is 151 Å². The Bertz CT molecular complexity index is 2500. The van der Waals surface area contributed by atoms with Gasteiger partial charge >= 0.3 is 0 Å². The average molecular weight is 689 g/mol. The molecule has 0 aliphatic heterocycles. The molecular weight excluding hydrogens is 637 g/mol. The van der Waals surface area contributed by atoms with Gasteiger partial charge in [-0.3, -0.25) is 0 Å². The zero-order chi connectivity index (χ0) is 36.2. The molecule has 4 aliphatic rings. The molecule has 264 valence electrons. The molecule has 0 N–H and O–H groups in total. The minimum atomic E-state index is -0.405. The molecule has 0 heterocycles. The molecule has 0 fully saturated rings. The van der Waals surface area contributed by atoms with Crippen molar-refractivity contribution < 1.29 is 0 Å². The van der Waals surface area contributed by atoms with Gasteiger partial charge in [0.2, 0.25) is 0 Å². The van der Waals surface area contributed by atoms with Crippen molar-refractivity contribution in [1.29, 1.82) is 0 Å². The summed E-state index contributed by atoms with van der Waals surface area (Å²) in [7, 11) is 0. The van der Waals surface area contributed by atoms with Gasteiger partial charge in [0.25, 0.3) is 0 Å². The molecule has 0 saturated heterocycles.